The number of carbonyl (C=O) groups excluding carboxylic acids is 1. The van der Waals surface area contributed by atoms with E-state index in [-0.39, 0.29) is 17.2 Å². The van der Waals surface area contributed by atoms with Crippen LogP contribution in [0.1, 0.15) is 12.6 Å². The summed E-state index contributed by atoms with van der Waals surface area (Å²) in [6.07, 6.45) is 3.30. The smallest absolute Gasteiger partial charge is 0.234 e. The molecule has 0 bridgehead atoms. The van der Waals surface area contributed by atoms with Crippen LogP contribution in [0.4, 0.5) is 5.69 Å². The Kier molecular flexibility index (Phi) is 6.33. The highest BCUT2D eigenvalue weighted by atomic mass is 32.2. The third-order valence-electron chi connectivity index (χ3n) is 3.59. The Morgan fingerprint density at radius 2 is 2.18 bits per heavy atom. The molecule has 7 nitrogen and oxygen atoms in total. The van der Waals surface area contributed by atoms with Crippen molar-refractivity contribution in [3.63, 3.8) is 0 Å². The minimum absolute atomic E-state index is 0.0232. The Bertz CT molecular complexity index is 1100. The van der Waals surface area contributed by atoms with Crippen molar-refractivity contribution in [1.29, 1.82) is 10.5 Å². The van der Waals surface area contributed by atoms with E-state index in [2.05, 4.69) is 10.3 Å². The fraction of sp³-hybridized carbons (Fsp3) is 0.158. The van der Waals surface area contributed by atoms with Gasteiger partial charge in [0.1, 0.15) is 28.5 Å². The molecule has 0 spiro atoms. The van der Waals surface area contributed by atoms with Crippen molar-refractivity contribution in [2.75, 3.05) is 17.7 Å². The quantitative estimate of drug-likeness (QED) is 0.468. The van der Waals surface area contributed by atoms with Crippen molar-refractivity contribution in [3.8, 4) is 17.9 Å². The number of amides is 1. The van der Waals surface area contributed by atoms with Crippen LogP contribution in [-0.4, -0.2) is 27.7 Å². The number of nitriles is 2. The van der Waals surface area contributed by atoms with Gasteiger partial charge in [-0.2, -0.15) is 10.5 Å². The van der Waals surface area contributed by atoms with E-state index < -0.39 is 0 Å². The highest BCUT2D eigenvalue weighted by molar-refractivity contribution is 8.00. The van der Waals surface area contributed by atoms with Crippen LogP contribution in [0.15, 0.2) is 46.4 Å². The highest BCUT2D eigenvalue weighted by Crippen LogP contribution is 2.29. The van der Waals surface area contributed by atoms with Gasteiger partial charge in [-0.05, 0) is 25.1 Å². The van der Waals surface area contributed by atoms with Gasteiger partial charge in [0, 0.05) is 11.6 Å². The molecule has 0 aliphatic rings. The number of imidazole rings is 1. The molecule has 0 radical (unpaired) electrons. The number of allylic oxidation sites excluding steroid dienone is 1. The van der Waals surface area contributed by atoms with Crippen LogP contribution in [0.2, 0.25) is 0 Å². The molecule has 3 aromatic rings. The molecule has 28 heavy (non-hydrogen) atoms. The molecule has 0 unspecified atom stereocenters. The molecule has 2 aromatic heterocycles. The van der Waals surface area contributed by atoms with Crippen LogP contribution < -0.4 is 10.1 Å². The molecule has 1 aromatic carbocycles. The Morgan fingerprint density at radius 3 is 2.93 bits per heavy atom. The van der Waals surface area contributed by atoms with Gasteiger partial charge in [-0.3, -0.25) is 9.20 Å². The average molecular weight is 409 g/mol. The van der Waals surface area contributed by atoms with Crippen LogP contribution in [0.25, 0.3) is 11.0 Å². The molecule has 140 valence electrons. The zero-order valence-corrected chi connectivity index (χ0v) is 16.5. The van der Waals surface area contributed by atoms with Crippen molar-refractivity contribution >= 4 is 45.7 Å². The van der Waals surface area contributed by atoms with Crippen molar-refractivity contribution in [2.45, 2.75) is 11.9 Å². The van der Waals surface area contributed by atoms with E-state index in [9.17, 15) is 4.79 Å². The number of benzene rings is 1. The number of nitrogens with zero attached hydrogens (tertiary/aromatic N) is 4. The first-order valence-electron chi connectivity index (χ1n) is 8.28. The summed E-state index contributed by atoms with van der Waals surface area (Å²) in [7, 11) is 0. The summed E-state index contributed by atoms with van der Waals surface area (Å²) >= 11 is 2.68. The molecule has 0 aliphatic heterocycles. The number of fused-ring (bicyclic) bond motifs is 1. The number of aromatic nitrogens is 2. The van der Waals surface area contributed by atoms with Gasteiger partial charge in [0.25, 0.3) is 0 Å². The molecule has 0 aliphatic carbocycles. The summed E-state index contributed by atoms with van der Waals surface area (Å²) in [5, 5.41) is 23.4. The second-order valence-electron chi connectivity index (χ2n) is 5.41. The molecular formula is C19H15N5O2S2. The summed E-state index contributed by atoms with van der Waals surface area (Å²) in [6, 6.07) is 10.9. The zero-order valence-electron chi connectivity index (χ0n) is 14.9. The van der Waals surface area contributed by atoms with Crippen LogP contribution >= 0.6 is 23.1 Å². The minimum atomic E-state index is -0.204. The molecule has 3 rings (SSSR count). The molecule has 0 saturated carbocycles. The first kappa shape index (κ1) is 19.5. The molecule has 2 heterocycles. The summed E-state index contributed by atoms with van der Waals surface area (Å²) in [6.45, 7) is 2.38. The number of para-hydroxylation sites is 2. The van der Waals surface area contributed by atoms with Crippen molar-refractivity contribution in [1.82, 2.24) is 9.38 Å². The number of carbonyl (C=O) groups is 1. The molecular weight excluding hydrogens is 394 g/mol. The fourth-order valence-electron chi connectivity index (χ4n) is 2.42. The first-order chi connectivity index (χ1) is 13.7. The van der Waals surface area contributed by atoms with E-state index in [0.29, 0.717) is 28.8 Å². The number of hydrogen-bond donors (Lipinski definition) is 1. The molecule has 9 heteroatoms. The molecule has 1 amide bonds. The lowest BCUT2D eigenvalue weighted by atomic mass is 10.2. The van der Waals surface area contributed by atoms with Crippen LogP contribution in [-0.2, 0) is 4.79 Å². The SMILES string of the molecule is CCOc1ccccc1NC(=O)CSc1nc2sccn2c1C=C(C#N)C#N. The molecule has 0 fully saturated rings. The number of thiazole rings is 1. The standard InChI is InChI=1S/C19H15N5O2S2/c1-2-26-16-6-4-3-5-14(16)22-17(25)12-28-18-15(9-13(10-20)11-21)24-7-8-27-19(24)23-18/h3-9H,2,12H2,1H3,(H,22,25). The molecule has 0 atom stereocenters. The van der Waals surface area contributed by atoms with Crippen molar-refractivity contribution in [3.05, 3.63) is 47.1 Å². The predicted molar refractivity (Wildman–Crippen MR) is 109 cm³/mol. The van der Waals surface area contributed by atoms with Gasteiger partial charge in [-0.1, -0.05) is 23.9 Å². The Balaban J connectivity index is 1.76. The number of thioether (sulfide) groups is 1. The van der Waals surface area contributed by atoms with Gasteiger partial charge in [-0.15, -0.1) is 11.3 Å². The van der Waals surface area contributed by atoms with E-state index in [1.165, 1.54) is 29.2 Å². The van der Waals surface area contributed by atoms with E-state index in [1.54, 1.807) is 16.5 Å². The van der Waals surface area contributed by atoms with Crippen LogP contribution in [0, 0.1) is 22.7 Å². The number of nitrogens with one attached hydrogen (secondary N) is 1. The highest BCUT2D eigenvalue weighted by Gasteiger charge is 2.15. The second kappa shape index (κ2) is 9.09. The Morgan fingerprint density at radius 1 is 1.39 bits per heavy atom. The Hall–Kier alpha value is -3.27. The van der Waals surface area contributed by atoms with E-state index in [1.807, 2.05) is 42.8 Å². The topological polar surface area (TPSA) is 103 Å². The van der Waals surface area contributed by atoms with Crippen molar-refractivity contribution < 1.29 is 9.53 Å². The predicted octanol–water partition coefficient (Wildman–Crippen LogP) is 3.96. The van der Waals surface area contributed by atoms with Gasteiger partial charge >= 0.3 is 0 Å². The number of anilines is 1. The third kappa shape index (κ3) is 4.34. The normalized spacial score (nSPS) is 10.1. The van der Waals surface area contributed by atoms with Crippen molar-refractivity contribution in [2.24, 2.45) is 0 Å². The van der Waals surface area contributed by atoms with Gasteiger partial charge in [0.2, 0.25) is 5.91 Å². The van der Waals surface area contributed by atoms with Crippen LogP contribution in [0.5, 0.6) is 5.75 Å². The maximum Gasteiger partial charge on any atom is 0.234 e. The number of rotatable bonds is 7. The fourth-order valence-corrected chi connectivity index (χ4v) is 3.99. The van der Waals surface area contributed by atoms with E-state index >= 15 is 0 Å². The molecule has 0 saturated heterocycles. The van der Waals surface area contributed by atoms with E-state index in [4.69, 9.17) is 15.3 Å². The summed E-state index contributed by atoms with van der Waals surface area (Å²) in [5.74, 6) is 0.534. The van der Waals surface area contributed by atoms with Gasteiger partial charge < -0.3 is 10.1 Å². The maximum atomic E-state index is 12.4. The second-order valence-corrected chi connectivity index (χ2v) is 7.24. The minimum Gasteiger partial charge on any atom is -0.492 e. The van der Waals surface area contributed by atoms with Gasteiger partial charge in [0.05, 0.1) is 23.7 Å². The van der Waals surface area contributed by atoms with Gasteiger partial charge in [0.15, 0.2) is 4.96 Å². The Labute approximate surface area is 169 Å². The number of hydrogen-bond acceptors (Lipinski definition) is 7. The lowest BCUT2D eigenvalue weighted by Crippen LogP contribution is -2.15. The van der Waals surface area contributed by atoms with E-state index in [0.717, 1.165) is 4.96 Å². The summed E-state index contributed by atoms with van der Waals surface area (Å²) in [4.78, 5) is 17.6. The number of ether oxygens (including phenoxy) is 1. The average Bonchev–Trinajstić information content (AvgIpc) is 3.28. The first-order valence-corrected chi connectivity index (χ1v) is 10.1. The zero-order chi connectivity index (χ0) is 19.9. The largest absolute Gasteiger partial charge is 0.492 e. The maximum absolute atomic E-state index is 12.4. The summed E-state index contributed by atoms with van der Waals surface area (Å²) < 4.78 is 7.31. The third-order valence-corrected chi connectivity index (χ3v) is 5.33. The lowest BCUT2D eigenvalue weighted by Gasteiger charge is -2.10. The summed E-state index contributed by atoms with van der Waals surface area (Å²) in [5.41, 5.74) is 1.20. The van der Waals surface area contributed by atoms with Gasteiger partial charge in [-0.25, -0.2) is 4.98 Å². The van der Waals surface area contributed by atoms with Crippen LogP contribution in [0.3, 0.4) is 0 Å². The lowest BCUT2D eigenvalue weighted by molar-refractivity contribution is -0.113. The molecule has 1 N–H and O–H groups in total. The monoisotopic (exact) mass is 409 g/mol.